The molecule has 12 aromatic rings. The fourth-order valence-corrected chi connectivity index (χ4v) is 6.78. The first-order valence-corrected chi connectivity index (χ1v) is 17.0. The Morgan fingerprint density at radius 1 is 0.274 bits per heavy atom. The molecule has 8 heterocycles. The van der Waals surface area contributed by atoms with E-state index in [-0.39, 0.29) is 77.1 Å². The monoisotopic (exact) mass is 984 g/mol. The molecule has 24 heteroatoms. The average molecular weight is 985 g/mol. The third kappa shape index (κ3) is 9.49. The summed E-state index contributed by atoms with van der Waals surface area (Å²) in [7, 11) is 0. The van der Waals surface area contributed by atoms with Gasteiger partial charge in [-0.3, -0.25) is 49.8 Å². The number of hydrogen-bond acceptors (Lipinski definition) is 15. The molecule has 0 amide bonds. The molecule has 0 spiro atoms. The second-order valence-electron chi connectivity index (χ2n) is 11.6. The molecule has 12 rings (SSSR count). The molecule has 0 fully saturated rings. The molecule has 318 valence electrons. The zero-order valence-electron chi connectivity index (χ0n) is 31.3. The van der Waals surface area contributed by atoms with Gasteiger partial charge in [-0.2, -0.15) is 8.75 Å². The molecular formula is C38H32Cl2N14O6RuS. The van der Waals surface area contributed by atoms with Gasteiger partial charge in [-0.15, -0.1) is 0 Å². The van der Waals surface area contributed by atoms with E-state index in [9.17, 15) is 0 Å². The van der Waals surface area contributed by atoms with Crippen LogP contribution < -0.4 is 24.8 Å². The van der Waals surface area contributed by atoms with Crippen molar-refractivity contribution in [3.63, 3.8) is 0 Å². The van der Waals surface area contributed by atoms with Crippen LogP contribution in [-0.2, 0) is 19.5 Å². The normalized spacial score (nSPS) is 9.74. The van der Waals surface area contributed by atoms with Gasteiger partial charge in [0.2, 0.25) is 0 Å². The largest absolute Gasteiger partial charge is 2.00 e. The fourth-order valence-electron chi connectivity index (χ4n) is 6.24. The minimum absolute atomic E-state index is 0. The van der Waals surface area contributed by atoms with Gasteiger partial charge in [-0.05, 0) is 60.7 Å². The predicted molar refractivity (Wildman–Crippen MR) is 226 cm³/mol. The third-order valence-corrected chi connectivity index (χ3v) is 9.11. The Labute approximate surface area is 377 Å². The van der Waals surface area contributed by atoms with Crippen molar-refractivity contribution in [1.29, 1.82) is 0 Å². The van der Waals surface area contributed by atoms with E-state index in [2.05, 4.69) is 58.6 Å². The number of halogens is 2. The zero-order chi connectivity index (χ0) is 35.1. The molecule has 0 bridgehead atoms. The standard InChI is InChI=1S/C18H8N6S.2C10H6N4.2ClH.6H2O.Ru/c1-3-9-13(19-7-1)14-10(4-2-8-20-14)16-15(9)21-11-5-6-12-18(17(11)22-16)24-25-23-12;2*1-2-8-10(14-6-4-12-8)9-7(1)11-3-5-13-9;;;;;;;;;/h1-8H;2*1-6H;2*1H;6*1H2;/q;;;;;;;;;;;+2/p-2. The van der Waals surface area contributed by atoms with E-state index in [0.717, 1.165) is 99.0 Å². The Kier molecular flexibility index (Phi) is 19.7. The van der Waals surface area contributed by atoms with Crippen molar-refractivity contribution < 1.29 is 77.1 Å². The molecule has 0 saturated carbocycles. The minimum atomic E-state index is 0. The second-order valence-corrected chi connectivity index (χ2v) is 12.1. The van der Waals surface area contributed by atoms with Crippen molar-refractivity contribution in [3.8, 4) is 0 Å². The van der Waals surface area contributed by atoms with E-state index >= 15 is 0 Å². The summed E-state index contributed by atoms with van der Waals surface area (Å²) < 4.78 is 8.70. The molecule has 8 aromatic heterocycles. The van der Waals surface area contributed by atoms with Crippen molar-refractivity contribution in [1.82, 2.24) is 68.6 Å². The number of nitrogens with zero attached hydrogens (tertiary/aromatic N) is 14. The van der Waals surface area contributed by atoms with Crippen LogP contribution in [0.2, 0.25) is 0 Å². The smallest absolute Gasteiger partial charge is 1.00 e. The van der Waals surface area contributed by atoms with Gasteiger partial charge in [0.05, 0.1) is 61.4 Å². The summed E-state index contributed by atoms with van der Waals surface area (Å²) in [5.74, 6) is 0. The van der Waals surface area contributed by atoms with Crippen LogP contribution in [0.5, 0.6) is 0 Å². The molecule has 0 unspecified atom stereocenters. The summed E-state index contributed by atoms with van der Waals surface area (Å²) in [4.78, 5) is 52.7. The minimum Gasteiger partial charge on any atom is -1.00 e. The van der Waals surface area contributed by atoms with Gasteiger partial charge in [0.25, 0.3) is 0 Å². The number of benzene rings is 4. The van der Waals surface area contributed by atoms with Crippen molar-refractivity contribution in [2.24, 2.45) is 0 Å². The first kappa shape index (κ1) is 53.5. The van der Waals surface area contributed by atoms with E-state index in [0.29, 0.717) is 0 Å². The molecule has 62 heavy (non-hydrogen) atoms. The van der Waals surface area contributed by atoms with Crippen molar-refractivity contribution in [3.05, 3.63) is 123 Å². The van der Waals surface area contributed by atoms with Crippen LogP contribution in [0, 0.1) is 0 Å². The number of hydrogen-bond donors (Lipinski definition) is 0. The van der Waals surface area contributed by atoms with Crippen LogP contribution >= 0.6 is 11.7 Å². The van der Waals surface area contributed by atoms with Crippen molar-refractivity contribution in [2.45, 2.75) is 0 Å². The molecule has 20 nitrogen and oxygen atoms in total. The van der Waals surface area contributed by atoms with E-state index in [1.54, 1.807) is 62.0 Å². The third-order valence-electron chi connectivity index (χ3n) is 8.56. The average Bonchev–Trinajstić information content (AvgIpc) is 3.74. The maximum absolute atomic E-state index is 4.93. The Morgan fingerprint density at radius 2 is 0.613 bits per heavy atom. The van der Waals surface area contributed by atoms with Crippen molar-refractivity contribution in [2.75, 3.05) is 0 Å². The van der Waals surface area contributed by atoms with Gasteiger partial charge >= 0.3 is 19.5 Å². The molecule has 4 aromatic carbocycles. The summed E-state index contributed by atoms with van der Waals surface area (Å²) in [6.07, 6.45) is 16.9. The molecule has 0 aliphatic heterocycles. The summed E-state index contributed by atoms with van der Waals surface area (Å²) in [6.45, 7) is 0. The van der Waals surface area contributed by atoms with Crippen LogP contribution in [0.4, 0.5) is 0 Å². The SMILES string of the molecule is O.O.O.O.O.O.[Cl-].[Cl-].[Ru+2].c1cnc2c(c1)c1nc3ccc4nsnc4c3nc1c1cccnc12.c1cnc2c(ccc3nccnc32)n1.c1cnc2c(ccc3nccnc32)n1. The number of rotatable bonds is 0. The second kappa shape index (κ2) is 22.9. The molecule has 0 saturated heterocycles. The number of aromatic nitrogens is 14. The first-order chi connectivity index (χ1) is 26.3. The Hall–Kier alpha value is -6.56. The number of pyridine rings is 2. The summed E-state index contributed by atoms with van der Waals surface area (Å²) in [5, 5.41) is 1.90. The van der Waals surface area contributed by atoms with Gasteiger partial charge in [-0.25, -0.2) is 9.97 Å². The van der Waals surface area contributed by atoms with E-state index < -0.39 is 0 Å². The molecule has 0 aliphatic rings. The summed E-state index contributed by atoms with van der Waals surface area (Å²) >= 11 is 1.19. The maximum Gasteiger partial charge on any atom is 2.00 e. The van der Waals surface area contributed by atoms with Crippen LogP contribution in [0.1, 0.15) is 0 Å². The Bertz CT molecular complexity index is 3170. The summed E-state index contributed by atoms with van der Waals surface area (Å²) in [6, 6.07) is 19.3. The first-order valence-electron chi connectivity index (χ1n) is 16.3. The topological polar surface area (TPSA) is 369 Å². The van der Waals surface area contributed by atoms with Gasteiger partial charge in [-0.1, -0.05) is 0 Å². The van der Waals surface area contributed by atoms with Crippen molar-refractivity contribution >= 4 is 111 Å². The molecule has 0 aliphatic carbocycles. The zero-order valence-corrected chi connectivity index (χ0v) is 35.4. The van der Waals surface area contributed by atoms with Crippen LogP contribution in [-0.4, -0.2) is 101 Å². The van der Waals surface area contributed by atoms with Gasteiger partial charge < -0.3 is 57.7 Å². The fraction of sp³-hybridized carbons (Fsp3) is 0. The van der Waals surface area contributed by atoms with Gasteiger partial charge in [0, 0.05) is 72.7 Å². The molecule has 0 radical (unpaired) electrons. The van der Waals surface area contributed by atoms with Crippen LogP contribution in [0.25, 0.3) is 99.0 Å². The Morgan fingerprint density at radius 3 is 1.03 bits per heavy atom. The van der Waals surface area contributed by atoms with Gasteiger partial charge in [0.15, 0.2) is 0 Å². The quantitative estimate of drug-likeness (QED) is 0.0797. The Balaban J connectivity index is 0.000000458. The maximum atomic E-state index is 4.93. The van der Waals surface area contributed by atoms with E-state index in [4.69, 9.17) is 9.97 Å². The predicted octanol–water partition coefficient (Wildman–Crippen LogP) is -3.91. The van der Waals surface area contributed by atoms with Crippen LogP contribution in [0.3, 0.4) is 0 Å². The molecule has 0 atom stereocenters. The van der Waals surface area contributed by atoms with E-state index in [1.165, 1.54) is 11.7 Å². The van der Waals surface area contributed by atoms with E-state index in [1.807, 2.05) is 60.7 Å². The van der Waals surface area contributed by atoms with Crippen LogP contribution in [0.15, 0.2) is 123 Å². The number of fused-ring (bicyclic) bond motifs is 15. The summed E-state index contributed by atoms with van der Waals surface area (Å²) in [5.41, 5.74) is 13.1. The molecule has 12 N–H and O–H groups in total. The van der Waals surface area contributed by atoms with Gasteiger partial charge in [0.1, 0.15) is 38.6 Å². The molecular weight excluding hydrogens is 953 g/mol.